The quantitative estimate of drug-likeness (QED) is 0.633. The van der Waals surface area contributed by atoms with Crippen molar-refractivity contribution in [3.05, 3.63) is 40.2 Å². The molecule has 19 heavy (non-hydrogen) atoms. The summed E-state index contributed by atoms with van der Waals surface area (Å²) < 4.78 is 60.2. The zero-order valence-corrected chi connectivity index (χ0v) is 10.6. The molecule has 0 aliphatic carbocycles. The van der Waals surface area contributed by atoms with Crippen molar-refractivity contribution in [2.75, 3.05) is 0 Å². The Kier molecular flexibility index (Phi) is 3.74. The number of ether oxygens (including phenoxy) is 1. The molecule has 0 saturated heterocycles. The van der Waals surface area contributed by atoms with Crippen LogP contribution in [0.25, 0.3) is 0 Å². The minimum atomic E-state index is -4.65. The zero-order valence-electron chi connectivity index (χ0n) is 9.04. The van der Waals surface area contributed by atoms with Crippen molar-refractivity contribution in [1.29, 1.82) is 0 Å². The molecule has 2 heterocycles. The second-order valence-corrected chi connectivity index (χ2v) is 4.22. The van der Waals surface area contributed by atoms with Gasteiger partial charge in [0.25, 0.3) is 0 Å². The lowest BCUT2D eigenvalue weighted by Gasteiger charge is -2.08. The molecule has 0 amide bonds. The van der Waals surface area contributed by atoms with Gasteiger partial charge in [-0.25, -0.2) is 9.37 Å². The first-order valence-corrected chi connectivity index (χ1v) is 5.61. The minimum absolute atomic E-state index is 0.226. The fourth-order valence-electron chi connectivity index (χ4n) is 1.26. The summed E-state index contributed by atoms with van der Waals surface area (Å²) in [4.78, 5) is 3.59. The first-order chi connectivity index (χ1) is 8.88. The molecule has 0 aliphatic heterocycles. The molecular formula is C10H5BrF4N2O2. The van der Waals surface area contributed by atoms with Crippen LogP contribution in [0.5, 0.6) is 5.75 Å². The summed E-state index contributed by atoms with van der Waals surface area (Å²) >= 11 is 2.99. The average molecular weight is 341 g/mol. The molecule has 0 radical (unpaired) electrons. The fraction of sp³-hybridized carbons (Fsp3) is 0.200. The van der Waals surface area contributed by atoms with E-state index < -0.39 is 24.3 Å². The zero-order chi connectivity index (χ0) is 14.0. The Hall–Kier alpha value is -1.64. The molecular weight excluding hydrogens is 336 g/mol. The predicted octanol–water partition coefficient (Wildman–Crippen LogP) is 3.57. The van der Waals surface area contributed by atoms with Gasteiger partial charge in [-0.3, -0.25) is 0 Å². The summed E-state index contributed by atoms with van der Waals surface area (Å²) in [6.07, 6.45) is -2.96. The Bertz CT molecular complexity index is 585. The van der Waals surface area contributed by atoms with E-state index in [0.29, 0.717) is 4.60 Å². The van der Waals surface area contributed by atoms with E-state index in [0.717, 1.165) is 12.5 Å². The number of aromatic nitrogens is 2. The molecule has 2 aromatic rings. The van der Waals surface area contributed by atoms with Crippen LogP contribution in [-0.4, -0.2) is 10.1 Å². The van der Waals surface area contributed by atoms with Crippen LogP contribution >= 0.6 is 15.9 Å². The normalized spacial score (nSPS) is 11.6. The summed E-state index contributed by atoms with van der Waals surface area (Å²) in [5, 5.41) is 2.84. The maximum atomic E-state index is 13.3. The lowest BCUT2D eigenvalue weighted by molar-refractivity contribution is -0.143. The van der Waals surface area contributed by atoms with Crippen LogP contribution in [0.1, 0.15) is 11.3 Å². The van der Waals surface area contributed by atoms with Crippen LogP contribution in [0.3, 0.4) is 0 Å². The van der Waals surface area contributed by atoms with Gasteiger partial charge in [0.2, 0.25) is 0 Å². The van der Waals surface area contributed by atoms with Crippen molar-refractivity contribution in [1.82, 2.24) is 10.1 Å². The molecule has 0 spiro atoms. The Labute approximate surface area is 112 Å². The van der Waals surface area contributed by atoms with Gasteiger partial charge in [0, 0.05) is 6.07 Å². The third-order valence-electron chi connectivity index (χ3n) is 2.08. The van der Waals surface area contributed by atoms with Gasteiger partial charge in [0.15, 0.2) is 17.3 Å². The number of pyridine rings is 1. The van der Waals surface area contributed by atoms with Gasteiger partial charge in [0.1, 0.15) is 17.5 Å². The molecule has 0 aromatic carbocycles. The topological polar surface area (TPSA) is 48.2 Å². The van der Waals surface area contributed by atoms with E-state index in [4.69, 9.17) is 4.74 Å². The summed E-state index contributed by atoms with van der Waals surface area (Å²) in [6.45, 7) is -0.522. The number of hydrogen-bond donors (Lipinski definition) is 0. The third-order valence-corrected chi connectivity index (χ3v) is 2.52. The highest BCUT2D eigenvalue weighted by atomic mass is 79.9. The van der Waals surface area contributed by atoms with Crippen LogP contribution in [-0.2, 0) is 12.8 Å². The Morgan fingerprint density at radius 3 is 2.79 bits per heavy atom. The molecule has 9 heteroatoms. The molecule has 0 unspecified atom stereocenters. The molecule has 4 nitrogen and oxygen atoms in total. The molecule has 0 bridgehead atoms. The lowest BCUT2D eigenvalue weighted by Crippen LogP contribution is -2.10. The van der Waals surface area contributed by atoms with Crippen molar-refractivity contribution in [2.45, 2.75) is 12.8 Å². The minimum Gasteiger partial charge on any atom is -0.485 e. The number of alkyl halides is 3. The standard InChI is InChI=1S/C10H5BrF4N2O2/c11-8-1-7(6(12)2-16-8)18-3-5-4-19-17-9(5)10(13,14)15/h1-2,4H,3H2. The largest absolute Gasteiger partial charge is 0.485 e. The van der Waals surface area contributed by atoms with Crippen molar-refractivity contribution in [2.24, 2.45) is 0 Å². The monoisotopic (exact) mass is 340 g/mol. The van der Waals surface area contributed by atoms with Crippen LogP contribution in [0.2, 0.25) is 0 Å². The van der Waals surface area contributed by atoms with Gasteiger partial charge in [-0.05, 0) is 15.9 Å². The van der Waals surface area contributed by atoms with Gasteiger partial charge in [-0.1, -0.05) is 5.16 Å². The van der Waals surface area contributed by atoms with Crippen LogP contribution in [0, 0.1) is 5.82 Å². The van der Waals surface area contributed by atoms with E-state index in [1.165, 1.54) is 6.07 Å². The fourth-order valence-corrected chi connectivity index (χ4v) is 1.57. The molecule has 0 N–H and O–H groups in total. The number of rotatable bonds is 3. The number of halogens is 5. The van der Waals surface area contributed by atoms with Gasteiger partial charge >= 0.3 is 6.18 Å². The second-order valence-electron chi connectivity index (χ2n) is 3.41. The highest BCUT2D eigenvalue weighted by Crippen LogP contribution is 2.31. The second kappa shape index (κ2) is 5.16. The highest BCUT2D eigenvalue weighted by Gasteiger charge is 2.37. The van der Waals surface area contributed by atoms with Crippen molar-refractivity contribution >= 4 is 15.9 Å². The molecule has 0 fully saturated rings. The summed E-state index contributed by atoms with van der Waals surface area (Å²) in [7, 11) is 0. The first kappa shape index (κ1) is 13.8. The maximum absolute atomic E-state index is 13.3. The highest BCUT2D eigenvalue weighted by molar-refractivity contribution is 9.10. The van der Waals surface area contributed by atoms with Gasteiger partial charge in [0.05, 0.1) is 11.8 Å². The third kappa shape index (κ3) is 3.22. The van der Waals surface area contributed by atoms with Gasteiger partial charge in [-0.15, -0.1) is 0 Å². The Morgan fingerprint density at radius 1 is 1.37 bits per heavy atom. The molecule has 102 valence electrons. The SMILES string of the molecule is Fc1cnc(Br)cc1OCc1conc1C(F)(F)F. The molecule has 0 aliphatic rings. The maximum Gasteiger partial charge on any atom is 0.437 e. The smallest absolute Gasteiger partial charge is 0.437 e. The van der Waals surface area contributed by atoms with E-state index in [1.807, 2.05) is 0 Å². The van der Waals surface area contributed by atoms with E-state index in [1.54, 1.807) is 0 Å². The van der Waals surface area contributed by atoms with E-state index in [-0.39, 0.29) is 11.3 Å². The molecule has 0 saturated carbocycles. The molecule has 0 atom stereocenters. The summed E-state index contributed by atoms with van der Waals surface area (Å²) in [5.41, 5.74) is -1.51. The number of hydrogen-bond acceptors (Lipinski definition) is 4. The van der Waals surface area contributed by atoms with Crippen LogP contribution < -0.4 is 4.74 Å². The molecule has 2 rings (SSSR count). The van der Waals surface area contributed by atoms with Gasteiger partial charge < -0.3 is 9.26 Å². The van der Waals surface area contributed by atoms with E-state index >= 15 is 0 Å². The summed E-state index contributed by atoms with van der Waals surface area (Å²) in [6, 6.07) is 1.20. The van der Waals surface area contributed by atoms with E-state index in [2.05, 4.69) is 30.6 Å². The first-order valence-electron chi connectivity index (χ1n) is 4.82. The Balaban J connectivity index is 2.15. The van der Waals surface area contributed by atoms with Crippen molar-refractivity contribution in [3.8, 4) is 5.75 Å². The van der Waals surface area contributed by atoms with Crippen molar-refractivity contribution < 1.29 is 26.8 Å². The van der Waals surface area contributed by atoms with E-state index in [9.17, 15) is 17.6 Å². The van der Waals surface area contributed by atoms with Gasteiger partial charge in [-0.2, -0.15) is 13.2 Å². The number of nitrogens with zero attached hydrogens (tertiary/aromatic N) is 2. The predicted molar refractivity (Wildman–Crippen MR) is 57.7 cm³/mol. The molecule has 2 aromatic heterocycles. The van der Waals surface area contributed by atoms with Crippen molar-refractivity contribution in [3.63, 3.8) is 0 Å². The van der Waals surface area contributed by atoms with Crippen LogP contribution in [0.4, 0.5) is 17.6 Å². The average Bonchev–Trinajstić information content (AvgIpc) is 2.78. The van der Waals surface area contributed by atoms with Crippen LogP contribution in [0.15, 0.2) is 27.7 Å². The Morgan fingerprint density at radius 2 is 2.11 bits per heavy atom. The lowest BCUT2D eigenvalue weighted by atomic mass is 10.2. The summed E-state index contributed by atoms with van der Waals surface area (Å²) in [5.74, 6) is -1.01.